The maximum atomic E-state index is 4.43. The predicted molar refractivity (Wildman–Crippen MR) is 121 cm³/mol. The van der Waals surface area contributed by atoms with Gasteiger partial charge >= 0.3 is 0 Å². The summed E-state index contributed by atoms with van der Waals surface area (Å²) in [5.41, 5.74) is 1.37. The quantitative estimate of drug-likeness (QED) is 0.477. The molecule has 0 radical (unpaired) electrons. The van der Waals surface area contributed by atoms with Gasteiger partial charge in [0.2, 0.25) is 0 Å². The van der Waals surface area contributed by atoms with Gasteiger partial charge in [-0.05, 0) is 51.8 Å². The largest absolute Gasteiger partial charge is 0.356 e. The molecule has 0 aliphatic carbocycles. The molecular weight excluding hydrogens is 346 g/mol. The third kappa shape index (κ3) is 8.19. The first kappa shape index (κ1) is 22.7. The third-order valence-corrected chi connectivity index (χ3v) is 5.86. The standard InChI is InChI=1S/C23H41N5/c1-5-6-16-28-17-13-22(14-18-28)26-23(24-3)25-15-12-20(2)27(4)19-21-10-8-7-9-11-21/h7-11,20,22H,5-6,12-19H2,1-4H3,(H2,24,25,26). The SMILES string of the molecule is CCCCN1CCC(NC(=NC)NCCC(C)N(C)Cc2ccccc2)CC1. The molecule has 0 aromatic heterocycles. The van der Waals surface area contributed by atoms with Gasteiger partial charge in [0, 0.05) is 45.3 Å². The van der Waals surface area contributed by atoms with Crippen LogP contribution in [0.2, 0.25) is 0 Å². The van der Waals surface area contributed by atoms with Crippen molar-refractivity contribution in [1.82, 2.24) is 20.4 Å². The number of guanidine groups is 1. The number of nitrogens with one attached hydrogen (secondary N) is 2. The van der Waals surface area contributed by atoms with Gasteiger partial charge in [-0.2, -0.15) is 0 Å². The molecule has 0 spiro atoms. The first-order valence-electron chi connectivity index (χ1n) is 11.1. The first-order valence-corrected chi connectivity index (χ1v) is 11.1. The number of hydrogen-bond donors (Lipinski definition) is 2. The van der Waals surface area contributed by atoms with Crippen molar-refractivity contribution in [2.75, 3.05) is 40.3 Å². The minimum atomic E-state index is 0.521. The molecule has 1 aliphatic heterocycles. The molecule has 1 aromatic rings. The number of benzene rings is 1. The van der Waals surface area contributed by atoms with Crippen LogP contribution in [0.1, 0.15) is 51.5 Å². The fraction of sp³-hybridized carbons (Fsp3) is 0.696. The maximum absolute atomic E-state index is 4.43. The lowest BCUT2D eigenvalue weighted by Crippen LogP contribution is -2.49. The van der Waals surface area contributed by atoms with Crippen LogP contribution in [0, 0.1) is 0 Å². The van der Waals surface area contributed by atoms with Crippen molar-refractivity contribution in [2.24, 2.45) is 4.99 Å². The van der Waals surface area contributed by atoms with Crippen LogP contribution < -0.4 is 10.6 Å². The summed E-state index contributed by atoms with van der Waals surface area (Å²) in [7, 11) is 4.08. The molecule has 1 heterocycles. The number of rotatable bonds is 10. The minimum absolute atomic E-state index is 0.521. The fourth-order valence-corrected chi connectivity index (χ4v) is 3.72. The summed E-state index contributed by atoms with van der Waals surface area (Å²) in [5.74, 6) is 0.949. The summed E-state index contributed by atoms with van der Waals surface area (Å²) in [6.07, 6.45) is 6.12. The van der Waals surface area contributed by atoms with E-state index in [2.05, 4.69) is 76.7 Å². The topological polar surface area (TPSA) is 42.9 Å². The van der Waals surface area contributed by atoms with E-state index in [1.54, 1.807) is 0 Å². The van der Waals surface area contributed by atoms with Gasteiger partial charge in [-0.1, -0.05) is 43.7 Å². The number of aliphatic imine (C=N–C) groups is 1. The first-order chi connectivity index (χ1) is 13.6. The van der Waals surface area contributed by atoms with Crippen LogP contribution in [0.4, 0.5) is 0 Å². The lowest BCUT2D eigenvalue weighted by Gasteiger charge is -2.33. The lowest BCUT2D eigenvalue weighted by atomic mass is 10.0. The van der Waals surface area contributed by atoms with E-state index in [-0.39, 0.29) is 0 Å². The zero-order valence-electron chi connectivity index (χ0n) is 18.5. The zero-order chi connectivity index (χ0) is 20.2. The smallest absolute Gasteiger partial charge is 0.191 e. The van der Waals surface area contributed by atoms with Crippen LogP contribution in [-0.4, -0.2) is 68.1 Å². The number of nitrogens with zero attached hydrogens (tertiary/aromatic N) is 3. The number of unbranched alkanes of at least 4 members (excludes halogenated alkanes) is 1. The summed E-state index contributed by atoms with van der Waals surface area (Å²) < 4.78 is 0. The normalized spacial score (nSPS) is 17.7. The van der Waals surface area contributed by atoms with Gasteiger partial charge in [-0.15, -0.1) is 0 Å². The highest BCUT2D eigenvalue weighted by Crippen LogP contribution is 2.11. The Morgan fingerprint density at radius 3 is 2.61 bits per heavy atom. The average Bonchev–Trinajstić information content (AvgIpc) is 2.73. The molecule has 5 heteroatoms. The van der Waals surface area contributed by atoms with E-state index in [9.17, 15) is 0 Å². The van der Waals surface area contributed by atoms with Crippen molar-refractivity contribution < 1.29 is 0 Å². The monoisotopic (exact) mass is 387 g/mol. The van der Waals surface area contributed by atoms with Crippen LogP contribution in [0.5, 0.6) is 0 Å². The lowest BCUT2D eigenvalue weighted by molar-refractivity contribution is 0.203. The van der Waals surface area contributed by atoms with E-state index < -0.39 is 0 Å². The number of hydrogen-bond acceptors (Lipinski definition) is 3. The molecule has 0 bridgehead atoms. The summed E-state index contributed by atoms with van der Waals surface area (Å²) in [4.78, 5) is 9.44. The van der Waals surface area contributed by atoms with Crippen LogP contribution in [0.25, 0.3) is 0 Å². The van der Waals surface area contributed by atoms with Crippen molar-refractivity contribution in [3.8, 4) is 0 Å². The highest BCUT2D eigenvalue weighted by atomic mass is 15.2. The number of piperidine rings is 1. The molecular formula is C23H41N5. The molecule has 28 heavy (non-hydrogen) atoms. The van der Waals surface area contributed by atoms with Crippen molar-refractivity contribution in [3.63, 3.8) is 0 Å². The van der Waals surface area contributed by atoms with Crippen LogP contribution >= 0.6 is 0 Å². The minimum Gasteiger partial charge on any atom is -0.356 e. The Labute approximate surface area is 172 Å². The fourth-order valence-electron chi connectivity index (χ4n) is 3.72. The molecule has 1 unspecified atom stereocenters. The average molecular weight is 388 g/mol. The Bertz CT molecular complexity index is 551. The van der Waals surface area contributed by atoms with Gasteiger partial charge in [0.05, 0.1) is 0 Å². The third-order valence-electron chi connectivity index (χ3n) is 5.86. The van der Waals surface area contributed by atoms with Gasteiger partial charge < -0.3 is 15.5 Å². The van der Waals surface area contributed by atoms with Gasteiger partial charge in [0.25, 0.3) is 0 Å². The Kier molecular flexibility index (Phi) is 10.4. The second kappa shape index (κ2) is 12.8. The van der Waals surface area contributed by atoms with Crippen molar-refractivity contribution in [2.45, 2.75) is 64.6 Å². The Hall–Kier alpha value is -1.59. The Morgan fingerprint density at radius 1 is 1.25 bits per heavy atom. The van der Waals surface area contributed by atoms with Crippen LogP contribution in [0.3, 0.4) is 0 Å². The van der Waals surface area contributed by atoms with Gasteiger partial charge in [-0.3, -0.25) is 9.89 Å². The van der Waals surface area contributed by atoms with E-state index in [4.69, 9.17) is 0 Å². The van der Waals surface area contributed by atoms with Crippen LogP contribution in [-0.2, 0) is 6.54 Å². The summed E-state index contributed by atoms with van der Waals surface area (Å²) in [5, 5.41) is 7.13. The Morgan fingerprint density at radius 2 is 1.96 bits per heavy atom. The summed E-state index contributed by atoms with van der Waals surface area (Å²) >= 11 is 0. The van der Waals surface area contributed by atoms with E-state index in [1.807, 2.05) is 7.05 Å². The van der Waals surface area contributed by atoms with E-state index >= 15 is 0 Å². The molecule has 2 N–H and O–H groups in total. The molecule has 158 valence electrons. The van der Waals surface area contributed by atoms with Gasteiger partial charge in [0.1, 0.15) is 0 Å². The molecule has 1 saturated heterocycles. The number of likely N-dealkylation sites (tertiary alicyclic amines) is 1. The second-order valence-corrected chi connectivity index (χ2v) is 8.15. The van der Waals surface area contributed by atoms with Gasteiger partial charge in [0.15, 0.2) is 5.96 Å². The van der Waals surface area contributed by atoms with E-state index in [0.717, 1.165) is 25.5 Å². The summed E-state index contributed by atoms with van der Waals surface area (Å²) in [6, 6.07) is 11.7. The highest BCUT2D eigenvalue weighted by Gasteiger charge is 2.19. The highest BCUT2D eigenvalue weighted by molar-refractivity contribution is 5.79. The molecule has 5 nitrogen and oxygen atoms in total. The Balaban J connectivity index is 1.64. The molecule has 1 aromatic carbocycles. The summed E-state index contributed by atoms with van der Waals surface area (Å²) in [6.45, 7) is 10.2. The predicted octanol–water partition coefficient (Wildman–Crippen LogP) is 3.33. The van der Waals surface area contributed by atoms with Crippen molar-refractivity contribution >= 4 is 5.96 Å². The molecule has 0 amide bonds. The van der Waals surface area contributed by atoms with Gasteiger partial charge in [-0.25, -0.2) is 0 Å². The van der Waals surface area contributed by atoms with Crippen molar-refractivity contribution in [3.05, 3.63) is 35.9 Å². The molecule has 1 fully saturated rings. The maximum Gasteiger partial charge on any atom is 0.191 e. The van der Waals surface area contributed by atoms with Crippen molar-refractivity contribution in [1.29, 1.82) is 0 Å². The van der Waals surface area contributed by atoms with E-state index in [0.29, 0.717) is 12.1 Å². The van der Waals surface area contributed by atoms with Crippen LogP contribution in [0.15, 0.2) is 35.3 Å². The zero-order valence-corrected chi connectivity index (χ0v) is 18.5. The molecule has 2 rings (SSSR count). The molecule has 1 aliphatic rings. The van der Waals surface area contributed by atoms with E-state index in [1.165, 1.54) is 50.9 Å². The molecule has 0 saturated carbocycles. The second-order valence-electron chi connectivity index (χ2n) is 8.15. The molecule has 1 atom stereocenters.